The molecular weight excluding hydrogens is 504 g/mol. The molecule has 0 radical (unpaired) electrons. The molecule has 3 N–H and O–H groups in total. The van der Waals surface area contributed by atoms with Crippen LogP contribution in [0.25, 0.3) is 12.2 Å². The van der Waals surface area contributed by atoms with Crippen LogP contribution in [-0.4, -0.2) is 72.8 Å². The van der Waals surface area contributed by atoms with E-state index < -0.39 is 36.7 Å². The van der Waals surface area contributed by atoms with E-state index in [1.165, 1.54) is 7.11 Å². The molecule has 5 atom stereocenters. The SMILES string of the molecule is CCCCCCCC(=O)OC[C@H]1O[C@@H](Oc2cc(/C=C/c3ccc(OC)cc3)cc(OC)c2)[C@H](O)[C@@H](O)[C@@H]1O. The number of esters is 1. The zero-order valence-corrected chi connectivity index (χ0v) is 22.8. The largest absolute Gasteiger partial charge is 0.497 e. The lowest BCUT2D eigenvalue weighted by atomic mass is 9.99. The minimum absolute atomic E-state index is 0.271. The van der Waals surface area contributed by atoms with E-state index in [-0.39, 0.29) is 13.0 Å². The number of rotatable bonds is 14. The van der Waals surface area contributed by atoms with Gasteiger partial charge >= 0.3 is 5.97 Å². The van der Waals surface area contributed by atoms with Crippen LogP contribution in [0.1, 0.15) is 56.6 Å². The van der Waals surface area contributed by atoms with Crippen LogP contribution in [0.2, 0.25) is 0 Å². The normalized spacial score (nSPS) is 23.0. The predicted octanol–water partition coefficient (Wildman–Crippen LogP) is 3.96. The number of aliphatic hydroxyl groups excluding tert-OH is 3. The Morgan fingerprint density at radius 2 is 1.49 bits per heavy atom. The van der Waals surface area contributed by atoms with Crippen LogP contribution in [0.3, 0.4) is 0 Å². The molecule has 2 aromatic carbocycles. The number of ether oxygens (including phenoxy) is 5. The van der Waals surface area contributed by atoms with Gasteiger partial charge in [0, 0.05) is 12.5 Å². The Hall–Kier alpha value is -3.11. The van der Waals surface area contributed by atoms with E-state index in [9.17, 15) is 20.1 Å². The molecule has 0 bridgehead atoms. The molecule has 3 rings (SSSR count). The van der Waals surface area contributed by atoms with Crippen LogP contribution in [-0.2, 0) is 14.3 Å². The fourth-order valence-corrected chi connectivity index (χ4v) is 4.19. The second-order valence-corrected chi connectivity index (χ2v) is 9.53. The molecule has 1 fully saturated rings. The second-order valence-electron chi connectivity index (χ2n) is 9.53. The van der Waals surface area contributed by atoms with Gasteiger partial charge in [-0.25, -0.2) is 0 Å². The maximum Gasteiger partial charge on any atom is 0.305 e. The fourth-order valence-electron chi connectivity index (χ4n) is 4.19. The number of methoxy groups -OCH3 is 2. The highest BCUT2D eigenvalue weighted by atomic mass is 16.7. The number of carbonyl (C=O) groups excluding carboxylic acids is 1. The summed E-state index contributed by atoms with van der Waals surface area (Å²) in [6.07, 6.45) is 2.13. The van der Waals surface area contributed by atoms with E-state index >= 15 is 0 Å². The molecule has 1 aliphatic rings. The summed E-state index contributed by atoms with van der Waals surface area (Å²) < 4.78 is 27.5. The van der Waals surface area contributed by atoms with Gasteiger partial charge < -0.3 is 39.0 Å². The van der Waals surface area contributed by atoms with Crippen LogP contribution in [0.15, 0.2) is 42.5 Å². The lowest BCUT2D eigenvalue weighted by Crippen LogP contribution is -2.60. The molecule has 0 aliphatic carbocycles. The summed E-state index contributed by atoms with van der Waals surface area (Å²) in [7, 11) is 3.14. The molecule has 9 nitrogen and oxygen atoms in total. The third-order valence-electron chi connectivity index (χ3n) is 6.54. The molecule has 214 valence electrons. The van der Waals surface area contributed by atoms with Crippen LogP contribution in [0, 0.1) is 0 Å². The number of unbranched alkanes of at least 4 members (excludes halogenated alkanes) is 4. The number of carbonyl (C=O) groups is 1. The van der Waals surface area contributed by atoms with Crippen LogP contribution in [0.4, 0.5) is 0 Å². The van der Waals surface area contributed by atoms with Gasteiger partial charge in [-0.05, 0) is 41.8 Å². The topological polar surface area (TPSA) is 124 Å². The van der Waals surface area contributed by atoms with E-state index in [1.54, 1.807) is 19.2 Å². The van der Waals surface area contributed by atoms with Crippen molar-refractivity contribution in [2.75, 3.05) is 20.8 Å². The lowest BCUT2D eigenvalue weighted by Gasteiger charge is -2.39. The van der Waals surface area contributed by atoms with E-state index in [0.717, 1.165) is 49.0 Å². The van der Waals surface area contributed by atoms with Crippen LogP contribution < -0.4 is 14.2 Å². The summed E-state index contributed by atoms with van der Waals surface area (Å²) in [6.45, 7) is 1.85. The molecule has 0 unspecified atom stereocenters. The van der Waals surface area contributed by atoms with E-state index in [0.29, 0.717) is 11.5 Å². The Bertz CT molecular complexity index is 1050. The first kappa shape index (κ1) is 30.4. The molecule has 1 saturated heterocycles. The van der Waals surface area contributed by atoms with Crippen molar-refractivity contribution >= 4 is 18.1 Å². The second kappa shape index (κ2) is 15.5. The van der Waals surface area contributed by atoms with Crippen molar-refractivity contribution < 1.29 is 43.8 Å². The van der Waals surface area contributed by atoms with E-state index in [4.69, 9.17) is 23.7 Å². The quantitative estimate of drug-likeness (QED) is 0.184. The Kier molecular flexibility index (Phi) is 12.1. The van der Waals surface area contributed by atoms with Gasteiger partial charge in [-0.15, -0.1) is 0 Å². The first-order valence-corrected chi connectivity index (χ1v) is 13.4. The maximum atomic E-state index is 12.1. The van der Waals surface area contributed by atoms with Gasteiger partial charge in [0.05, 0.1) is 14.2 Å². The monoisotopic (exact) mass is 544 g/mol. The highest BCUT2D eigenvalue weighted by Gasteiger charge is 2.45. The zero-order valence-electron chi connectivity index (χ0n) is 22.8. The van der Waals surface area contributed by atoms with E-state index in [1.807, 2.05) is 42.5 Å². The predicted molar refractivity (Wildman–Crippen MR) is 147 cm³/mol. The van der Waals surface area contributed by atoms with Crippen molar-refractivity contribution in [1.82, 2.24) is 0 Å². The van der Waals surface area contributed by atoms with Crippen LogP contribution in [0.5, 0.6) is 17.2 Å². The molecule has 2 aromatic rings. The standard InChI is InChI=1S/C30H40O9/c1-4-5-6-7-8-9-26(31)37-19-25-27(32)28(33)29(34)30(39-25)38-24-17-21(16-23(18-24)36-3)11-10-20-12-14-22(35-2)15-13-20/h10-18,25,27-30,32-34H,4-9,19H2,1-3H3/b11-10+/t25-,27-,28+,29-,30-/m1/s1. The molecule has 1 heterocycles. The highest BCUT2D eigenvalue weighted by molar-refractivity contribution is 5.71. The van der Waals surface area contributed by atoms with Crippen molar-refractivity contribution in [1.29, 1.82) is 0 Å². The first-order chi connectivity index (χ1) is 18.8. The number of hydrogen-bond acceptors (Lipinski definition) is 9. The third-order valence-corrected chi connectivity index (χ3v) is 6.54. The zero-order chi connectivity index (χ0) is 28.2. The molecular formula is C30H40O9. The van der Waals surface area contributed by atoms with Gasteiger partial charge in [0.1, 0.15) is 48.3 Å². The van der Waals surface area contributed by atoms with Gasteiger partial charge in [0.2, 0.25) is 6.29 Å². The first-order valence-electron chi connectivity index (χ1n) is 13.4. The molecule has 0 amide bonds. The summed E-state index contributed by atoms with van der Waals surface area (Å²) >= 11 is 0. The van der Waals surface area contributed by atoms with Crippen molar-refractivity contribution in [2.24, 2.45) is 0 Å². The van der Waals surface area contributed by atoms with Gasteiger partial charge in [-0.1, -0.05) is 56.9 Å². The molecule has 39 heavy (non-hydrogen) atoms. The lowest BCUT2D eigenvalue weighted by molar-refractivity contribution is -0.278. The minimum Gasteiger partial charge on any atom is -0.497 e. The fraction of sp³-hybridized carbons (Fsp3) is 0.500. The number of aliphatic hydroxyl groups is 3. The summed E-state index contributed by atoms with van der Waals surface area (Å²) in [6, 6.07) is 12.7. The average Bonchev–Trinajstić information content (AvgIpc) is 2.95. The van der Waals surface area contributed by atoms with Crippen LogP contribution >= 0.6 is 0 Å². The highest BCUT2D eigenvalue weighted by Crippen LogP contribution is 2.29. The van der Waals surface area contributed by atoms with Gasteiger partial charge in [0.25, 0.3) is 0 Å². The van der Waals surface area contributed by atoms with Crippen molar-refractivity contribution in [2.45, 2.75) is 76.2 Å². The Morgan fingerprint density at radius 3 is 2.18 bits per heavy atom. The van der Waals surface area contributed by atoms with Gasteiger partial charge in [-0.2, -0.15) is 0 Å². The maximum absolute atomic E-state index is 12.1. The summed E-state index contributed by atoms with van der Waals surface area (Å²) in [5, 5.41) is 31.3. The van der Waals surface area contributed by atoms with Gasteiger partial charge in [0.15, 0.2) is 0 Å². The Balaban J connectivity index is 1.63. The van der Waals surface area contributed by atoms with Crippen molar-refractivity contribution in [3.05, 3.63) is 53.6 Å². The molecule has 0 aromatic heterocycles. The number of benzene rings is 2. The molecule has 9 heteroatoms. The minimum atomic E-state index is -1.55. The molecule has 0 saturated carbocycles. The smallest absolute Gasteiger partial charge is 0.305 e. The summed E-state index contributed by atoms with van der Waals surface area (Å²) in [5.41, 5.74) is 1.72. The van der Waals surface area contributed by atoms with Gasteiger partial charge in [-0.3, -0.25) is 4.79 Å². The average molecular weight is 545 g/mol. The third kappa shape index (κ3) is 9.25. The molecule has 1 aliphatic heterocycles. The summed E-state index contributed by atoms with van der Waals surface area (Å²) in [5.74, 6) is 1.19. The summed E-state index contributed by atoms with van der Waals surface area (Å²) in [4.78, 5) is 12.1. The van der Waals surface area contributed by atoms with Crippen molar-refractivity contribution in [3.63, 3.8) is 0 Å². The Labute approximate surface area is 229 Å². The van der Waals surface area contributed by atoms with E-state index in [2.05, 4.69) is 6.92 Å². The molecule has 0 spiro atoms. The van der Waals surface area contributed by atoms with Crippen molar-refractivity contribution in [3.8, 4) is 17.2 Å². The Morgan fingerprint density at radius 1 is 0.821 bits per heavy atom. The number of hydrogen-bond donors (Lipinski definition) is 3.